The Morgan fingerprint density at radius 2 is 2.18 bits per heavy atom. The van der Waals surface area contributed by atoms with Gasteiger partial charge in [-0.25, -0.2) is 4.98 Å². The third kappa shape index (κ3) is 3.56. The zero-order chi connectivity index (χ0) is 13.1. The Labute approximate surface area is 103 Å². The van der Waals surface area contributed by atoms with E-state index in [4.69, 9.17) is 0 Å². The molecule has 1 rings (SSSR count). The van der Waals surface area contributed by atoms with E-state index in [-0.39, 0.29) is 17.5 Å². The van der Waals surface area contributed by atoms with E-state index in [1.165, 1.54) is 0 Å². The van der Waals surface area contributed by atoms with Crippen LogP contribution in [0.3, 0.4) is 0 Å². The van der Waals surface area contributed by atoms with Crippen molar-refractivity contribution in [3.63, 3.8) is 0 Å². The summed E-state index contributed by atoms with van der Waals surface area (Å²) in [5, 5.41) is 6.08. The van der Waals surface area contributed by atoms with Crippen molar-refractivity contribution >= 4 is 5.91 Å². The molecule has 1 aromatic heterocycles. The van der Waals surface area contributed by atoms with Gasteiger partial charge >= 0.3 is 0 Å². The molecule has 0 saturated carbocycles. The SMILES string of the molecule is CNC(C)(C)c1cncn1CC(=O)NC(C)C. The summed E-state index contributed by atoms with van der Waals surface area (Å²) in [6.45, 7) is 8.31. The van der Waals surface area contributed by atoms with Crippen LogP contribution in [0.5, 0.6) is 0 Å². The predicted octanol–water partition coefficient (Wildman–Crippen LogP) is 0.862. The molecule has 0 unspecified atom stereocenters. The van der Waals surface area contributed by atoms with Crippen LogP contribution in [-0.2, 0) is 16.9 Å². The minimum atomic E-state index is -0.200. The van der Waals surface area contributed by atoms with E-state index in [0.717, 1.165) is 5.69 Å². The molecule has 0 fully saturated rings. The molecule has 0 bridgehead atoms. The maximum Gasteiger partial charge on any atom is 0.240 e. The number of amides is 1. The van der Waals surface area contributed by atoms with E-state index < -0.39 is 0 Å². The average Bonchev–Trinajstić information content (AvgIpc) is 2.65. The van der Waals surface area contributed by atoms with Crippen molar-refractivity contribution in [2.24, 2.45) is 0 Å². The molecule has 0 spiro atoms. The Kier molecular flexibility index (Phi) is 4.28. The summed E-state index contributed by atoms with van der Waals surface area (Å²) in [6, 6.07) is 0.159. The van der Waals surface area contributed by atoms with Gasteiger partial charge in [0.15, 0.2) is 0 Å². The summed E-state index contributed by atoms with van der Waals surface area (Å²) in [7, 11) is 1.89. The number of rotatable bonds is 5. The van der Waals surface area contributed by atoms with Crippen LogP contribution in [0.15, 0.2) is 12.5 Å². The standard InChI is InChI=1S/C12H22N4O/c1-9(2)15-11(17)7-16-8-14-6-10(16)12(3,4)13-5/h6,8-9,13H,7H2,1-5H3,(H,15,17). The fraction of sp³-hybridized carbons (Fsp3) is 0.667. The zero-order valence-corrected chi connectivity index (χ0v) is 11.2. The number of nitrogens with one attached hydrogen (secondary N) is 2. The first kappa shape index (κ1) is 13.7. The van der Waals surface area contributed by atoms with Gasteiger partial charge in [0.05, 0.1) is 23.8 Å². The maximum atomic E-state index is 11.7. The second-order valence-corrected chi connectivity index (χ2v) is 5.00. The summed E-state index contributed by atoms with van der Waals surface area (Å²) in [5.41, 5.74) is 0.799. The lowest BCUT2D eigenvalue weighted by Crippen LogP contribution is -2.38. The van der Waals surface area contributed by atoms with Gasteiger partial charge in [0.2, 0.25) is 5.91 Å². The fourth-order valence-electron chi connectivity index (χ4n) is 1.62. The molecule has 0 aliphatic carbocycles. The molecule has 5 nitrogen and oxygen atoms in total. The lowest BCUT2D eigenvalue weighted by Gasteiger charge is -2.25. The summed E-state index contributed by atoms with van der Waals surface area (Å²) in [4.78, 5) is 15.8. The zero-order valence-electron chi connectivity index (χ0n) is 11.2. The van der Waals surface area contributed by atoms with Crippen LogP contribution in [0.4, 0.5) is 0 Å². The predicted molar refractivity (Wildman–Crippen MR) is 67.6 cm³/mol. The molecule has 0 aliphatic heterocycles. The van der Waals surface area contributed by atoms with Crippen molar-refractivity contribution in [1.29, 1.82) is 0 Å². The summed E-state index contributed by atoms with van der Waals surface area (Å²) >= 11 is 0. The first-order valence-corrected chi connectivity index (χ1v) is 5.85. The van der Waals surface area contributed by atoms with Gasteiger partial charge in [0.25, 0.3) is 0 Å². The highest BCUT2D eigenvalue weighted by Crippen LogP contribution is 2.18. The molecule has 17 heavy (non-hydrogen) atoms. The Morgan fingerprint density at radius 1 is 1.53 bits per heavy atom. The normalized spacial score (nSPS) is 11.9. The van der Waals surface area contributed by atoms with E-state index >= 15 is 0 Å². The molecule has 1 amide bonds. The van der Waals surface area contributed by atoms with Crippen LogP contribution in [0.25, 0.3) is 0 Å². The first-order valence-electron chi connectivity index (χ1n) is 5.85. The lowest BCUT2D eigenvalue weighted by molar-refractivity contribution is -0.122. The van der Waals surface area contributed by atoms with Crippen molar-refractivity contribution in [3.05, 3.63) is 18.2 Å². The summed E-state index contributed by atoms with van der Waals surface area (Å²) in [6.07, 6.45) is 3.48. The third-order valence-electron chi connectivity index (χ3n) is 2.74. The second-order valence-electron chi connectivity index (χ2n) is 5.00. The quantitative estimate of drug-likeness (QED) is 0.800. The smallest absolute Gasteiger partial charge is 0.240 e. The molecule has 0 radical (unpaired) electrons. The number of nitrogens with zero attached hydrogens (tertiary/aromatic N) is 2. The minimum Gasteiger partial charge on any atom is -0.352 e. The molecule has 0 aliphatic rings. The second kappa shape index (κ2) is 5.31. The average molecular weight is 238 g/mol. The van der Waals surface area contributed by atoms with E-state index in [9.17, 15) is 4.79 Å². The fourth-order valence-corrected chi connectivity index (χ4v) is 1.62. The topological polar surface area (TPSA) is 59.0 Å². The number of carbonyl (C=O) groups excluding carboxylic acids is 1. The van der Waals surface area contributed by atoms with Crippen LogP contribution >= 0.6 is 0 Å². The molecule has 1 heterocycles. The van der Waals surface area contributed by atoms with Crippen molar-refractivity contribution in [2.75, 3.05) is 7.05 Å². The van der Waals surface area contributed by atoms with E-state index in [1.54, 1.807) is 12.5 Å². The van der Waals surface area contributed by atoms with Crippen LogP contribution in [-0.4, -0.2) is 28.5 Å². The minimum absolute atomic E-state index is 0.00570. The summed E-state index contributed by atoms with van der Waals surface area (Å²) < 4.78 is 1.87. The van der Waals surface area contributed by atoms with Crippen molar-refractivity contribution in [1.82, 2.24) is 20.2 Å². The van der Waals surface area contributed by atoms with Crippen molar-refractivity contribution in [3.8, 4) is 0 Å². The Balaban J connectivity index is 2.80. The highest BCUT2D eigenvalue weighted by Gasteiger charge is 2.22. The van der Waals surface area contributed by atoms with E-state index in [0.29, 0.717) is 6.54 Å². The van der Waals surface area contributed by atoms with Gasteiger partial charge in [-0.2, -0.15) is 0 Å². The monoisotopic (exact) mass is 238 g/mol. The van der Waals surface area contributed by atoms with Crippen LogP contribution < -0.4 is 10.6 Å². The van der Waals surface area contributed by atoms with Crippen LogP contribution in [0, 0.1) is 0 Å². The Bertz CT molecular complexity index is 382. The number of hydrogen-bond acceptors (Lipinski definition) is 3. The molecule has 96 valence electrons. The molecule has 0 aromatic carbocycles. The first-order chi connectivity index (χ1) is 7.86. The van der Waals surface area contributed by atoms with Gasteiger partial charge in [-0.1, -0.05) is 0 Å². The largest absolute Gasteiger partial charge is 0.352 e. The Morgan fingerprint density at radius 3 is 2.71 bits per heavy atom. The molecular formula is C12H22N4O. The van der Waals surface area contributed by atoms with Crippen LogP contribution in [0.1, 0.15) is 33.4 Å². The van der Waals surface area contributed by atoms with Crippen LogP contribution in [0.2, 0.25) is 0 Å². The molecule has 1 aromatic rings. The number of imidazole rings is 1. The van der Waals surface area contributed by atoms with Gasteiger partial charge in [0, 0.05) is 6.04 Å². The van der Waals surface area contributed by atoms with Gasteiger partial charge in [0.1, 0.15) is 6.54 Å². The van der Waals surface area contributed by atoms with Crippen molar-refractivity contribution in [2.45, 2.75) is 45.8 Å². The van der Waals surface area contributed by atoms with Gasteiger partial charge in [-0.3, -0.25) is 4.79 Å². The maximum absolute atomic E-state index is 11.7. The lowest BCUT2D eigenvalue weighted by atomic mass is 10.0. The number of carbonyl (C=O) groups is 1. The van der Waals surface area contributed by atoms with Gasteiger partial charge in [-0.05, 0) is 34.7 Å². The highest BCUT2D eigenvalue weighted by molar-refractivity contribution is 5.76. The third-order valence-corrected chi connectivity index (χ3v) is 2.74. The molecular weight excluding hydrogens is 216 g/mol. The van der Waals surface area contributed by atoms with Crippen molar-refractivity contribution < 1.29 is 4.79 Å². The van der Waals surface area contributed by atoms with E-state index in [2.05, 4.69) is 29.5 Å². The Hall–Kier alpha value is -1.36. The van der Waals surface area contributed by atoms with Gasteiger partial charge in [-0.15, -0.1) is 0 Å². The molecule has 2 N–H and O–H groups in total. The molecule has 5 heteroatoms. The number of aromatic nitrogens is 2. The van der Waals surface area contributed by atoms with E-state index in [1.807, 2.05) is 25.5 Å². The summed E-state index contributed by atoms with van der Waals surface area (Å²) in [5.74, 6) is 0.00570. The molecule has 0 atom stereocenters. The molecule has 0 saturated heterocycles. The number of hydrogen-bond donors (Lipinski definition) is 2. The van der Waals surface area contributed by atoms with Gasteiger partial charge < -0.3 is 15.2 Å². The highest BCUT2D eigenvalue weighted by atomic mass is 16.2.